The van der Waals surface area contributed by atoms with Crippen LogP contribution in [0.25, 0.3) is 89.7 Å². The fourth-order valence-corrected chi connectivity index (χ4v) is 6.80. The SMILES string of the molecule is O=C(O)c1cc(S(=O)(=O)[O-])ccc1O.[Ti+2].c1ccc2c(c1)-c1nc-2nc2[n-]c(nc3nc(nc4[n-]c(n1)c1ccccc41)-c1ccccc1-3)c1ccccc21. The number of phenols is 1. The van der Waals surface area contributed by atoms with Gasteiger partial charge in [-0.25, -0.2) is 23.2 Å². The van der Waals surface area contributed by atoms with E-state index in [0.29, 0.717) is 52.0 Å². The Labute approximate surface area is 325 Å². The van der Waals surface area contributed by atoms with Gasteiger partial charge in [-0.15, -0.1) is 0 Å². The largest absolute Gasteiger partial charge is 2.00 e. The van der Waals surface area contributed by atoms with E-state index >= 15 is 0 Å². The first kappa shape index (κ1) is 35.4. The van der Waals surface area contributed by atoms with Crippen LogP contribution in [0.2, 0.25) is 0 Å². The topological polar surface area (TPSA) is 220 Å². The van der Waals surface area contributed by atoms with Crippen molar-refractivity contribution in [3.8, 4) is 51.3 Å². The minimum absolute atomic E-state index is 0. The number of benzene rings is 5. The molecule has 2 aliphatic heterocycles. The molecule has 2 aliphatic rings. The Bertz CT molecular complexity index is 2850. The molecule has 0 aliphatic carbocycles. The number of aromatic hydroxyl groups is 1. The second-order valence-corrected chi connectivity index (χ2v) is 13.5. The number of hydrogen-bond acceptors (Lipinski definition) is 11. The van der Waals surface area contributed by atoms with E-state index in [2.05, 4.69) is 0 Å². The standard InChI is InChI=1S/C32H16N8.C7H6O6S.Ti/c1-2-10-18-17(9-1)25-33-26(18)38-28-21-13-5-6-14-22(21)30(35-28)40-32-24-16-8-7-15-23(24)31(36-32)39-29-20-12-4-3-11-19(20)27(34-29)37-25;8-6-2-1-4(14(11,12)13)3-5(6)7(9)10;/h1-16H;1-3,8H,(H,9,10)(H,11,12,13);/q-2;;+2/p-1. The third kappa shape index (κ3) is 6.30. The zero-order valence-electron chi connectivity index (χ0n) is 28.0. The molecule has 2 N–H and O–H groups in total. The van der Waals surface area contributed by atoms with Crippen molar-refractivity contribution in [2.24, 2.45) is 0 Å². The van der Waals surface area contributed by atoms with Crippen LogP contribution < -0.4 is 9.97 Å². The molecule has 3 aromatic heterocycles. The van der Waals surface area contributed by atoms with Gasteiger partial charge in [0, 0.05) is 44.8 Å². The summed E-state index contributed by atoms with van der Waals surface area (Å²) in [5, 5.41) is 21.1. The number of nitrogens with zero attached hydrogens (tertiary/aromatic N) is 8. The van der Waals surface area contributed by atoms with Crippen LogP contribution in [-0.4, -0.2) is 59.1 Å². The Morgan fingerprint density at radius 1 is 0.527 bits per heavy atom. The van der Waals surface area contributed by atoms with Crippen molar-refractivity contribution in [3.05, 3.63) is 121 Å². The Morgan fingerprint density at radius 3 is 1.16 bits per heavy atom. The smallest absolute Gasteiger partial charge is 0.744 e. The average molecular weight is 778 g/mol. The summed E-state index contributed by atoms with van der Waals surface area (Å²) in [4.78, 5) is 49.0. The molecule has 0 amide bonds. The molecule has 55 heavy (non-hydrogen) atoms. The van der Waals surface area contributed by atoms with Crippen LogP contribution in [0, 0.1) is 0 Å². The molecule has 0 fully saturated rings. The molecule has 8 bridgehead atoms. The van der Waals surface area contributed by atoms with Crippen LogP contribution in [0.1, 0.15) is 10.4 Å². The maximum absolute atomic E-state index is 10.5. The van der Waals surface area contributed by atoms with Crippen LogP contribution in [-0.2, 0) is 31.8 Å². The summed E-state index contributed by atoms with van der Waals surface area (Å²) >= 11 is 0. The van der Waals surface area contributed by atoms with E-state index in [1.54, 1.807) is 0 Å². The van der Waals surface area contributed by atoms with Crippen molar-refractivity contribution in [2.75, 3.05) is 0 Å². The van der Waals surface area contributed by atoms with Gasteiger partial charge in [0.2, 0.25) is 0 Å². The molecule has 14 nitrogen and oxygen atoms in total. The summed E-state index contributed by atoms with van der Waals surface area (Å²) in [5.74, 6) is 0.109. The molecular weight excluding hydrogens is 756 g/mol. The van der Waals surface area contributed by atoms with Gasteiger partial charge in [0.1, 0.15) is 21.4 Å². The molecule has 5 aromatic carbocycles. The van der Waals surface area contributed by atoms with Gasteiger partial charge in [0.15, 0.2) is 0 Å². The second kappa shape index (κ2) is 13.6. The van der Waals surface area contributed by atoms with Crippen LogP contribution in [0.3, 0.4) is 0 Å². The Balaban J connectivity index is 0.000000244. The summed E-state index contributed by atoms with van der Waals surface area (Å²) in [6.45, 7) is 0. The van der Waals surface area contributed by atoms with Gasteiger partial charge in [-0.1, -0.05) is 97.1 Å². The van der Waals surface area contributed by atoms with Gasteiger partial charge in [-0.05, 0) is 39.7 Å². The molecule has 0 radical (unpaired) electrons. The van der Waals surface area contributed by atoms with Gasteiger partial charge >= 0.3 is 27.7 Å². The summed E-state index contributed by atoms with van der Waals surface area (Å²) < 4.78 is 31.5. The zero-order chi connectivity index (χ0) is 37.1. The fourth-order valence-electron chi connectivity index (χ4n) is 6.30. The van der Waals surface area contributed by atoms with Gasteiger partial charge < -0.3 is 44.7 Å². The summed E-state index contributed by atoms with van der Waals surface area (Å²) in [7, 11) is -4.70. The van der Waals surface area contributed by atoms with Gasteiger partial charge in [-0.3, -0.25) is 0 Å². The fraction of sp³-hybridized carbons (Fsp3) is 0. The predicted molar refractivity (Wildman–Crippen MR) is 197 cm³/mol. The summed E-state index contributed by atoms with van der Waals surface area (Å²) in [6, 6.07) is 34.1. The van der Waals surface area contributed by atoms with Crippen molar-refractivity contribution in [1.29, 1.82) is 0 Å². The minimum Gasteiger partial charge on any atom is -0.744 e. The first-order valence-corrected chi connectivity index (χ1v) is 17.6. The third-order valence-corrected chi connectivity index (χ3v) is 9.65. The van der Waals surface area contributed by atoms with Crippen molar-refractivity contribution in [1.82, 2.24) is 39.9 Å². The number of carboxylic acid groups (broad SMARTS) is 1. The summed E-state index contributed by atoms with van der Waals surface area (Å²) in [6.07, 6.45) is 0. The van der Waals surface area contributed by atoms with Gasteiger partial charge in [0.25, 0.3) is 0 Å². The van der Waals surface area contributed by atoms with E-state index in [-0.39, 0.29) is 21.7 Å². The molecule has 0 unspecified atom stereocenters. The van der Waals surface area contributed by atoms with E-state index in [1.807, 2.05) is 97.1 Å². The van der Waals surface area contributed by atoms with Crippen molar-refractivity contribution < 1.29 is 49.7 Å². The van der Waals surface area contributed by atoms with E-state index in [4.69, 9.17) is 50.1 Å². The number of rotatable bonds is 2. The number of carbonyl (C=O) groups is 1. The van der Waals surface area contributed by atoms with Crippen LogP contribution >= 0.6 is 0 Å². The molecule has 5 heterocycles. The molecule has 0 spiro atoms. The molecule has 8 aromatic rings. The van der Waals surface area contributed by atoms with E-state index < -0.39 is 32.3 Å². The predicted octanol–water partition coefficient (Wildman–Crippen LogP) is 6.12. The number of aromatic nitrogens is 8. The number of aromatic carboxylic acids is 1. The average Bonchev–Trinajstić information content (AvgIpc) is 3.90. The maximum atomic E-state index is 10.5. The minimum atomic E-state index is -4.70. The first-order valence-electron chi connectivity index (χ1n) is 16.2. The van der Waals surface area contributed by atoms with Crippen LogP contribution in [0.5, 0.6) is 5.75 Å². The van der Waals surface area contributed by atoms with Crippen LogP contribution in [0.15, 0.2) is 120 Å². The molecule has 0 atom stereocenters. The van der Waals surface area contributed by atoms with Crippen molar-refractivity contribution >= 4 is 60.2 Å². The zero-order valence-corrected chi connectivity index (χ0v) is 30.4. The monoisotopic (exact) mass is 777 g/mol. The third-order valence-electron chi connectivity index (χ3n) is 8.82. The van der Waals surface area contributed by atoms with E-state index in [9.17, 15) is 17.8 Å². The molecule has 16 heteroatoms. The molecule has 264 valence electrons. The normalized spacial score (nSPS) is 11.6. The Hall–Kier alpha value is -6.65. The first-order chi connectivity index (χ1) is 26.1. The Morgan fingerprint density at radius 2 is 0.855 bits per heavy atom. The van der Waals surface area contributed by atoms with Crippen LogP contribution in [0.4, 0.5) is 0 Å². The number of hydrogen-bond donors (Lipinski definition) is 2. The summed E-state index contributed by atoms with van der Waals surface area (Å²) in [5.41, 5.74) is 5.16. The molecule has 0 saturated heterocycles. The van der Waals surface area contributed by atoms with Gasteiger partial charge in [-0.2, -0.15) is 0 Å². The Kier molecular flexibility index (Phi) is 8.78. The second-order valence-electron chi connectivity index (χ2n) is 12.1. The number of carboxylic acids is 1. The van der Waals surface area contributed by atoms with Gasteiger partial charge in [0.05, 0.1) is 28.2 Å². The van der Waals surface area contributed by atoms with E-state index in [1.165, 1.54) is 0 Å². The quantitative estimate of drug-likeness (QED) is 0.149. The number of fused-ring (bicyclic) bond motifs is 20. The molecule has 10 rings (SSSR count). The van der Waals surface area contributed by atoms with Crippen molar-refractivity contribution in [2.45, 2.75) is 4.90 Å². The molecular formula is C39H21N8O6STi-. The van der Waals surface area contributed by atoms with Crippen molar-refractivity contribution in [3.63, 3.8) is 0 Å². The maximum Gasteiger partial charge on any atom is 2.00 e. The van der Waals surface area contributed by atoms with E-state index in [0.717, 1.165) is 55.9 Å². The molecule has 0 saturated carbocycles.